The molecule has 0 radical (unpaired) electrons. The fourth-order valence-electron chi connectivity index (χ4n) is 2.06. The van der Waals surface area contributed by atoms with Gasteiger partial charge >= 0.3 is 0 Å². The molecule has 0 fully saturated rings. The Morgan fingerprint density at radius 1 is 1.29 bits per heavy atom. The van der Waals surface area contributed by atoms with E-state index in [-0.39, 0.29) is 0 Å². The smallest absolute Gasteiger partial charge is 0.224 e. The van der Waals surface area contributed by atoms with Crippen LogP contribution in [0.2, 0.25) is 5.02 Å². The number of carbonyl (C=O) groups is 1. The number of nitrogen functional groups attached to an aromatic ring is 1. The maximum atomic E-state index is 11.1. The van der Waals surface area contributed by atoms with Crippen LogP contribution in [0.4, 0.5) is 11.6 Å². The van der Waals surface area contributed by atoms with Crippen LogP contribution in [0.25, 0.3) is 21.5 Å². The van der Waals surface area contributed by atoms with E-state index in [9.17, 15) is 4.79 Å². The molecular formula is C14H11ClN4OS. The fourth-order valence-corrected chi connectivity index (χ4v) is 3.09. The third-order valence-electron chi connectivity index (χ3n) is 3.07. The predicted octanol–water partition coefficient (Wildman–Crippen LogP) is 3.45. The van der Waals surface area contributed by atoms with Gasteiger partial charge in [-0.1, -0.05) is 23.7 Å². The minimum atomic E-state index is 0.414. The quantitative estimate of drug-likeness (QED) is 0.723. The van der Waals surface area contributed by atoms with Crippen molar-refractivity contribution in [3.63, 3.8) is 0 Å². The molecule has 0 atom stereocenters. The molecule has 0 amide bonds. The Balaban J connectivity index is 2.35. The summed E-state index contributed by atoms with van der Waals surface area (Å²) in [6, 6.07) is 7.29. The second kappa shape index (κ2) is 5.31. The highest BCUT2D eigenvalue weighted by molar-refractivity contribution is 7.21. The Kier molecular flexibility index (Phi) is 3.48. The fraction of sp³-hybridized carbons (Fsp3) is 0.0714. The van der Waals surface area contributed by atoms with Gasteiger partial charge in [0.05, 0.1) is 21.6 Å². The first-order valence-electron chi connectivity index (χ1n) is 6.13. The number of fused-ring (bicyclic) bond motifs is 1. The normalized spacial score (nSPS) is 10.8. The largest absolute Gasteiger partial charge is 0.397 e. The van der Waals surface area contributed by atoms with Crippen molar-refractivity contribution < 1.29 is 4.79 Å². The lowest BCUT2D eigenvalue weighted by Crippen LogP contribution is -1.99. The minimum absolute atomic E-state index is 0.414. The summed E-state index contributed by atoms with van der Waals surface area (Å²) in [7, 11) is 1.74. The zero-order chi connectivity index (χ0) is 15.0. The molecule has 7 heteroatoms. The second-order valence-electron chi connectivity index (χ2n) is 4.33. The second-order valence-corrected chi connectivity index (χ2v) is 5.80. The van der Waals surface area contributed by atoms with E-state index in [1.54, 1.807) is 19.2 Å². The molecule has 3 aromatic rings. The number of hydrogen-bond acceptors (Lipinski definition) is 6. The topological polar surface area (TPSA) is 80.9 Å². The molecule has 1 aromatic carbocycles. The van der Waals surface area contributed by atoms with Gasteiger partial charge in [0.1, 0.15) is 4.83 Å². The van der Waals surface area contributed by atoms with E-state index in [0.717, 1.165) is 11.8 Å². The third-order valence-corrected chi connectivity index (χ3v) is 4.34. The summed E-state index contributed by atoms with van der Waals surface area (Å²) in [5.74, 6) is 0.478. The molecule has 106 valence electrons. The summed E-state index contributed by atoms with van der Waals surface area (Å²) in [4.78, 5) is 21.1. The van der Waals surface area contributed by atoms with Crippen molar-refractivity contribution in [2.75, 3.05) is 18.1 Å². The lowest BCUT2D eigenvalue weighted by atomic mass is 10.1. The van der Waals surface area contributed by atoms with Crippen molar-refractivity contribution in [2.45, 2.75) is 0 Å². The van der Waals surface area contributed by atoms with Crippen molar-refractivity contribution >= 4 is 51.1 Å². The Morgan fingerprint density at radius 2 is 2.00 bits per heavy atom. The van der Waals surface area contributed by atoms with Crippen molar-refractivity contribution in [3.05, 3.63) is 34.2 Å². The molecule has 0 spiro atoms. The molecule has 2 aromatic heterocycles. The number of hydrogen-bond donors (Lipinski definition) is 2. The number of thiophene rings is 1. The van der Waals surface area contributed by atoms with Gasteiger partial charge < -0.3 is 11.1 Å². The number of nitrogens with one attached hydrogen (secondary N) is 1. The van der Waals surface area contributed by atoms with Crippen LogP contribution in [0.15, 0.2) is 24.3 Å². The number of nitrogens with zero attached hydrogens (tertiary/aromatic N) is 2. The summed E-state index contributed by atoms with van der Waals surface area (Å²) in [6.07, 6.45) is 0.742. The molecule has 0 aliphatic carbocycles. The van der Waals surface area contributed by atoms with Crippen LogP contribution in [0.1, 0.15) is 9.67 Å². The monoisotopic (exact) mass is 318 g/mol. The summed E-state index contributed by atoms with van der Waals surface area (Å²) >= 11 is 7.17. The lowest BCUT2D eigenvalue weighted by molar-refractivity contribution is 0.112. The molecule has 5 nitrogen and oxygen atoms in total. The van der Waals surface area contributed by atoms with Crippen LogP contribution in [-0.2, 0) is 0 Å². The third kappa shape index (κ3) is 2.32. The van der Waals surface area contributed by atoms with Gasteiger partial charge in [0.25, 0.3) is 0 Å². The molecule has 0 aliphatic heterocycles. The van der Waals surface area contributed by atoms with Gasteiger partial charge in [0, 0.05) is 17.6 Å². The number of benzene rings is 1. The van der Waals surface area contributed by atoms with E-state index in [1.807, 2.05) is 12.1 Å². The molecule has 21 heavy (non-hydrogen) atoms. The van der Waals surface area contributed by atoms with E-state index in [0.29, 0.717) is 37.4 Å². The predicted molar refractivity (Wildman–Crippen MR) is 87.2 cm³/mol. The molecule has 0 saturated carbocycles. The summed E-state index contributed by atoms with van der Waals surface area (Å²) in [5.41, 5.74) is 8.03. The van der Waals surface area contributed by atoms with Gasteiger partial charge in [0.2, 0.25) is 5.95 Å². The lowest BCUT2D eigenvalue weighted by Gasteiger charge is -2.07. The van der Waals surface area contributed by atoms with Crippen LogP contribution in [-0.4, -0.2) is 23.3 Å². The minimum Gasteiger partial charge on any atom is -0.397 e. The highest BCUT2D eigenvalue weighted by atomic mass is 35.5. The number of carbonyl (C=O) groups excluding carboxylic acids is 1. The molecule has 3 rings (SSSR count). The average Bonchev–Trinajstić information content (AvgIpc) is 2.83. The van der Waals surface area contributed by atoms with E-state index < -0.39 is 0 Å². The maximum absolute atomic E-state index is 11.1. The van der Waals surface area contributed by atoms with Crippen LogP contribution in [0, 0.1) is 0 Å². The number of aldehydes is 1. The first kappa shape index (κ1) is 13.8. The molecule has 3 N–H and O–H groups in total. The van der Waals surface area contributed by atoms with Gasteiger partial charge in [-0.15, -0.1) is 11.3 Å². The van der Waals surface area contributed by atoms with Gasteiger partial charge in [-0.2, -0.15) is 0 Å². The van der Waals surface area contributed by atoms with E-state index >= 15 is 0 Å². The summed E-state index contributed by atoms with van der Waals surface area (Å²) < 4.78 is 0. The van der Waals surface area contributed by atoms with Gasteiger partial charge in [-0.3, -0.25) is 4.79 Å². The number of rotatable bonds is 3. The average molecular weight is 319 g/mol. The SMILES string of the molecule is CNc1nc(-c2ccc(Cl)cc2)c2c(N)c(C=O)sc2n1. The highest BCUT2D eigenvalue weighted by Gasteiger charge is 2.17. The number of aromatic nitrogens is 2. The van der Waals surface area contributed by atoms with Crippen LogP contribution in [0.5, 0.6) is 0 Å². The standard InChI is InChI=1S/C14H11ClN4OS/c1-17-14-18-12(7-2-4-8(15)5-3-7)10-11(16)9(6-20)21-13(10)19-14/h2-6H,16H2,1H3,(H,17,18,19). The molecule has 0 unspecified atom stereocenters. The van der Waals surface area contributed by atoms with E-state index in [4.69, 9.17) is 17.3 Å². The Hall–Kier alpha value is -2.18. The Morgan fingerprint density at radius 3 is 2.62 bits per heavy atom. The van der Waals surface area contributed by atoms with Crippen LogP contribution < -0.4 is 11.1 Å². The maximum Gasteiger partial charge on any atom is 0.224 e. The van der Waals surface area contributed by atoms with Crippen molar-refractivity contribution in [1.29, 1.82) is 0 Å². The number of halogens is 1. The summed E-state index contributed by atoms with van der Waals surface area (Å²) in [5, 5.41) is 4.26. The van der Waals surface area contributed by atoms with Crippen molar-refractivity contribution in [2.24, 2.45) is 0 Å². The molecular weight excluding hydrogens is 308 g/mol. The van der Waals surface area contributed by atoms with E-state index in [1.165, 1.54) is 11.3 Å². The van der Waals surface area contributed by atoms with Gasteiger partial charge in [0.15, 0.2) is 6.29 Å². The van der Waals surface area contributed by atoms with Crippen LogP contribution in [0.3, 0.4) is 0 Å². The first-order chi connectivity index (χ1) is 10.1. The Bertz CT molecular complexity index is 829. The van der Waals surface area contributed by atoms with Crippen LogP contribution >= 0.6 is 22.9 Å². The van der Waals surface area contributed by atoms with Crippen molar-refractivity contribution in [1.82, 2.24) is 9.97 Å². The molecule has 0 saturated heterocycles. The zero-order valence-corrected chi connectivity index (χ0v) is 12.6. The van der Waals surface area contributed by atoms with Gasteiger partial charge in [-0.25, -0.2) is 9.97 Å². The molecule has 0 bridgehead atoms. The summed E-state index contributed by atoms with van der Waals surface area (Å²) in [6.45, 7) is 0. The number of anilines is 2. The molecule has 0 aliphatic rings. The van der Waals surface area contributed by atoms with Gasteiger partial charge in [-0.05, 0) is 12.1 Å². The first-order valence-corrected chi connectivity index (χ1v) is 7.32. The number of nitrogens with two attached hydrogens (primary N) is 1. The molecule has 2 heterocycles. The van der Waals surface area contributed by atoms with E-state index in [2.05, 4.69) is 15.3 Å². The zero-order valence-electron chi connectivity index (χ0n) is 11.1. The Labute approximate surface area is 129 Å². The highest BCUT2D eigenvalue weighted by Crippen LogP contribution is 2.38. The van der Waals surface area contributed by atoms with Crippen molar-refractivity contribution in [3.8, 4) is 11.3 Å².